The van der Waals surface area contributed by atoms with E-state index in [1.165, 1.54) is 7.05 Å². The molecule has 0 fully saturated rings. The van der Waals surface area contributed by atoms with Crippen molar-refractivity contribution >= 4 is 13.7 Å². The maximum Gasteiger partial charge on any atom is 0.412 e. The summed E-state index contributed by atoms with van der Waals surface area (Å²) in [6.45, 7) is 4.86. The lowest BCUT2D eigenvalue weighted by Crippen LogP contribution is -2.22. The van der Waals surface area contributed by atoms with Crippen LogP contribution < -0.4 is 10.1 Å². The minimum Gasteiger partial charge on any atom is -0.410 e. The van der Waals surface area contributed by atoms with Crippen molar-refractivity contribution in [3.63, 3.8) is 0 Å². The van der Waals surface area contributed by atoms with E-state index in [1.54, 1.807) is 24.3 Å². The minimum atomic E-state index is -3.29. The molecule has 1 rings (SSSR count). The molecular weight excluding hydrogens is 329 g/mol. The van der Waals surface area contributed by atoms with Gasteiger partial charge in [0.2, 0.25) is 0 Å². The molecule has 7 heteroatoms. The Morgan fingerprint density at radius 3 is 2.21 bits per heavy atom. The second kappa shape index (κ2) is 11.2. The van der Waals surface area contributed by atoms with E-state index in [2.05, 4.69) is 5.32 Å². The average Bonchev–Trinajstić information content (AvgIpc) is 2.57. The van der Waals surface area contributed by atoms with Gasteiger partial charge in [0.15, 0.2) is 0 Å². The molecule has 0 aromatic heterocycles. The molecule has 0 bridgehead atoms. The number of carbonyl (C=O) groups is 1. The maximum atomic E-state index is 13.0. The van der Waals surface area contributed by atoms with E-state index >= 15 is 0 Å². The number of ether oxygens (including phenoxy) is 1. The fourth-order valence-electron chi connectivity index (χ4n) is 1.92. The molecule has 0 heterocycles. The topological polar surface area (TPSA) is 73.9 Å². The van der Waals surface area contributed by atoms with E-state index in [1.807, 2.05) is 13.8 Å². The summed E-state index contributed by atoms with van der Waals surface area (Å²) in [6.07, 6.45) is 3.04. The highest BCUT2D eigenvalue weighted by Crippen LogP contribution is 2.52. The van der Waals surface area contributed by atoms with Crippen molar-refractivity contribution in [1.29, 1.82) is 0 Å². The van der Waals surface area contributed by atoms with E-state index in [0.29, 0.717) is 24.5 Å². The van der Waals surface area contributed by atoms with Crippen LogP contribution in [0.15, 0.2) is 24.3 Å². The van der Waals surface area contributed by atoms with E-state index < -0.39 is 13.7 Å². The lowest BCUT2D eigenvalue weighted by molar-refractivity contribution is 0.196. The van der Waals surface area contributed by atoms with Crippen molar-refractivity contribution < 1.29 is 23.1 Å². The average molecular weight is 357 g/mol. The maximum absolute atomic E-state index is 13.0. The number of rotatable bonds is 11. The number of nitrogens with one attached hydrogen (secondary N) is 1. The number of para-hydroxylation sites is 1. The second-order valence-electron chi connectivity index (χ2n) is 5.39. The monoisotopic (exact) mass is 357 g/mol. The van der Waals surface area contributed by atoms with Crippen LogP contribution in [0.1, 0.15) is 45.1 Å². The molecule has 136 valence electrons. The summed E-state index contributed by atoms with van der Waals surface area (Å²) in [7, 11) is -1.81. The van der Waals surface area contributed by atoms with E-state index in [-0.39, 0.29) is 6.16 Å². The zero-order chi connectivity index (χ0) is 17.8. The fourth-order valence-corrected chi connectivity index (χ4v) is 3.67. The van der Waals surface area contributed by atoms with Crippen LogP contribution in [-0.4, -0.2) is 26.4 Å². The van der Waals surface area contributed by atoms with Crippen molar-refractivity contribution in [3.05, 3.63) is 29.8 Å². The van der Waals surface area contributed by atoms with Gasteiger partial charge >= 0.3 is 13.7 Å². The summed E-state index contributed by atoms with van der Waals surface area (Å²) in [5, 5.41) is 2.39. The highest BCUT2D eigenvalue weighted by molar-refractivity contribution is 7.53. The van der Waals surface area contributed by atoms with Gasteiger partial charge in [0.1, 0.15) is 5.75 Å². The van der Waals surface area contributed by atoms with Crippen molar-refractivity contribution in [1.82, 2.24) is 5.32 Å². The van der Waals surface area contributed by atoms with Gasteiger partial charge in [0, 0.05) is 12.6 Å². The molecule has 0 unspecified atom stereocenters. The van der Waals surface area contributed by atoms with Crippen LogP contribution in [0.4, 0.5) is 4.79 Å². The van der Waals surface area contributed by atoms with Gasteiger partial charge in [-0.1, -0.05) is 44.9 Å². The standard InChI is InChI=1S/C17H28NO5P/c1-4-6-12-21-24(20,22-13-7-5-2)14-15-10-8-9-11-16(15)23-17(19)18-3/h8-11H,4-7,12-14H2,1-3H3,(H,18,19). The first-order valence-corrected chi connectivity index (χ1v) is 10.1. The summed E-state index contributed by atoms with van der Waals surface area (Å²) in [6, 6.07) is 6.97. The SMILES string of the molecule is CCCCOP(=O)(Cc1ccccc1OC(=O)NC)OCCCC. The van der Waals surface area contributed by atoms with Crippen molar-refractivity contribution in [2.75, 3.05) is 20.3 Å². The highest BCUT2D eigenvalue weighted by Gasteiger charge is 2.27. The Balaban J connectivity index is 2.88. The molecule has 0 aliphatic heterocycles. The molecule has 0 atom stereocenters. The van der Waals surface area contributed by atoms with Gasteiger partial charge in [-0.2, -0.15) is 0 Å². The third-order valence-corrected chi connectivity index (χ3v) is 5.20. The predicted molar refractivity (Wildman–Crippen MR) is 94.6 cm³/mol. The first-order valence-electron chi connectivity index (χ1n) is 8.40. The van der Waals surface area contributed by atoms with Crippen LogP contribution in [0.25, 0.3) is 0 Å². The summed E-state index contributed by atoms with van der Waals surface area (Å²) in [5.41, 5.74) is 0.623. The molecule has 1 amide bonds. The van der Waals surface area contributed by atoms with Gasteiger partial charge in [0.05, 0.1) is 19.4 Å². The van der Waals surface area contributed by atoms with Crippen LogP contribution in [-0.2, 0) is 19.8 Å². The van der Waals surface area contributed by atoms with Crippen LogP contribution in [0, 0.1) is 0 Å². The zero-order valence-corrected chi connectivity index (χ0v) is 15.6. The van der Waals surface area contributed by atoms with E-state index in [4.69, 9.17) is 13.8 Å². The number of hydrogen-bond donors (Lipinski definition) is 1. The Morgan fingerprint density at radius 2 is 1.67 bits per heavy atom. The number of amides is 1. The number of benzene rings is 1. The fraction of sp³-hybridized carbons (Fsp3) is 0.588. The number of unbranched alkanes of at least 4 members (excludes halogenated alkanes) is 2. The molecule has 0 saturated heterocycles. The third kappa shape index (κ3) is 7.47. The summed E-state index contributed by atoms with van der Waals surface area (Å²) in [4.78, 5) is 11.5. The van der Waals surface area contributed by atoms with Gasteiger partial charge in [-0.3, -0.25) is 4.57 Å². The van der Waals surface area contributed by atoms with Crippen molar-refractivity contribution in [2.24, 2.45) is 0 Å². The molecule has 0 radical (unpaired) electrons. The smallest absolute Gasteiger partial charge is 0.410 e. The van der Waals surface area contributed by atoms with Crippen LogP contribution in [0.2, 0.25) is 0 Å². The highest BCUT2D eigenvalue weighted by atomic mass is 31.2. The van der Waals surface area contributed by atoms with Crippen molar-refractivity contribution in [3.8, 4) is 5.75 Å². The Morgan fingerprint density at radius 1 is 1.08 bits per heavy atom. The molecule has 0 aliphatic rings. The van der Waals surface area contributed by atoms with Crippen LogP contribution in [0.5, 0.6) is 5.75 Å². The lowest BCUT2D eigenvalue weighted by atomic mass is 10.2. The summed E-state index contributed by atoms with van der Waals surface area (Å²) in [5.74, 6) is 0.357. The minimum absolute atomic E-state index is 0.0770. The zero-order valence-electron chi connectivity index (χ0n) is 14.7. The van der Waals surface area contributed by atoms with Gasteiger partial charge in [-0.05, 0) is 18.9 Å². The molecule has 0 saturated carbocycles. The third-order valence-electron chi connectivity index (χ3n) is 3.32. The van der Waals surface area contributed by atoms with Crippen LogP contribution in [0.3, 0.4) is 0 Å². The van der Waals surface area contributed by atoms with Crippen molar-refractivity contribution in [2.45, 2.75) is 45.7 Å². The summed E-state index contributed by atoms with van der Waals surface area (Å²) >= 11 is 0. The molecular formula is C17H28NO5P. The normalized spacial score (nSPS) is 11.3. The molecule has 1 N–H and O–H groups in total. The van der Waals surface area contributed by atoms with E-state index in [9.17, 15) is 9.36 Å². The molecule has 24 heavy (non-hydrogen) atoms. The molecule has 1 aromatic rings. The molecule has 0 aliphatic carbocycles. The quantitative estimate of drug-likeness (QED) is 0.458. The first kappa shape index (κ1) is 20.7. The Bertz CT molecular complexity index is 536. The first-order chi connectivity index (χ1) is 11.5. The Hall–Kier alpha value is -1.36. The molecule has 0 spiro atoms. The van der Waals surface area contributed by atoms with Crippen LogP contribution >= 0.6 is 7.60 Å². The number of carbonyl (C=O) groups excluding carboxylic acids is 1. The Kier molecular flexibility index (Phi) is 9.69. The largest absolute Gasteiger partial charge is 0.412 e. The summed E-state index contributed by atoms with van der Waals surface area (Å²) < 4.78 is 29.4. The molecule has 6 nitrogen and oxygen atoms in total. The van der Waals surface area contributed by atoms with Gasteiger partial charge in [0.25, 0.3) is 0 Å². The van der Waals surface area contributed by atoms with Gasteiger partial charge < -0.3 is 19.1 Å². The second-order valence-corrected chi connectivity index (χ2v) is 7.44. The molecule has 1 aromatic carbocycles. The Labute approximate surface area is 144 Å². The van der Waals surface area contributed by atoms with Gasteiger partial charge in [-0.15, -0.1) is 0 Å². The lowest BCUT2D eigenvalue weighted by Gasteiger charge is -2.20. The number of hydrogen-bond acceptors (Lipinski definition) is 5. The predicted octanol–water partition coefficient (Wildman–Crippen LogP) is 4.73. The van der Waals surface area contributed by atoms with Gasteiger partial charge in [-0.25, -0.2) is 4.79 Å². The van der Waals surface area contributed by atoms with E-state index in [0.717, 1.165) is 25.7 Å².